The first-order chi connectivity index (χ1) is 15.0. The Balaban J connectivity index is 1.88. The van der Waals surface area contributed by atoms with Crippen LogP contribution in [0.15, 0.2) is 67.7 Å². The van der Waals surface area contributed by atoms with E-state index in [2.05, 4.69) is 43.6 Å². The summed E-state index contributed by atoms with van der Waals surface area (Å²) in [5.74, 6) is -0.430. The Bertz CT molecular complexity index is 973. The van der Waals surface area contributed by atoms with Crippen molar-refractivity contribution in [3.8, 4) is 0 Å². The lowest BCUT2D eigenvalue weighted by Crippen LogP contribution is -2.48. The van der Waals surface area contributed by atoms with E-state index in [1.54, 1.807) is 18.5 Å². The van der Waals surface area contributed by atoms with Gasteiger partial charge in [0, 0.05) is 50.2 Å². The molecule has 0 bridgehead atoms. The molecular formula is C22H25FN6O2. The number of methoxy groups -OCH3 is 1. The van der Waals surface area contributed by atoms with E-state index < -0.39 is 11.9 Å². The Labute approximate surface area is 180 Å². The number of piperazine rings is 1. The number of hydrogen-bond acceptors (Lipinski definition) is 7. The number of pyridine rings is 1. The third kappa shape index (κ3) is 5.80. The first-order valence-corrected chi connectivity index (χ1v) is 9.77. The van der Waals surface area contributed by atoms with Crippen LogP contribution in [0.1, 0.15) is 17.3 Å². The molecule has 1 atom stereocenters. The maximum atomic E-state index is 13.4. The van der Waals surface area contributed by atoms with Gasteiger partial charge in [-0.15, -0.1) is 0 Å². The van der Waals surface area contributed by atoms with Crippen molar-refractivity contribution in [3.05, 3.63) is 79.0 Å². The van der Waals surface area contributed by atoms with Crippen LogP contribution in [0.25, 0.3) is 5.57 Å². The average Bonchev–Trinajstić information content (AvgIpc) is 2.78. The van der Waals surface area contributed by atoms with Gasteiger partial charge in [0.15, 0.2) is 0 Å². The molecule has 1 aliphatic rings. The van der Waals surface area contributed by atoms with Gasteiger partial charge in [0.25, 0.3) is 0 Å². The van der Waals surface area contributed by atoms with Gasteiger partial charge in [-0.25, -0.2) is 14.4 Å². The molecule has 0 aromatic carbocycles. The molecular weight excluding hydrogens is 399 g/mol. The maximum Gasteiger partial charge on any atom is 0.247 e. The van der Waals surface area contributed by atoms with Crippen LogP contribution in [0.5, 0.6) is 0 Å². The number of amides is 1. The summed E-state index contributed by atoms with van der Waals surface area (Å²) in [4.78, 5) is 27.8. The van der Waals surface area contributed by atoms with E-state index in [1.807, 2.05) is 6.07 Å². The average molecular weight is 424 g/mol. The predicted molar refractivity (Wildman–Crippen MR) is 116 cm³/mol. The van der Waals surface area contributed by atoms with Crippen LogP contribution in [-0.4, -0.2) is 59.0 Å². The number of nitrogens with zero attached hydrogens (tertiary/aromatic N) is 4. The molecule has 3 heterocycles. The lowest BCUT2D eigenvalue weighted by molar-refractivity contribution is -0.121. The molecule has 2 aromatic heterocycles. The molecule has 1 saturated heterocycles. The van der Waals surface area contributed by atoms with Crippen LogP contribution in [0.4, 0.5) is 10.2 Å². The fourth-order valence-electron chi connectivity index (χ4n) is 3.34. The van der Waals surface area contributed by atoms with Gasteiger partial charge in [-0.2, -0.15) is 0 Å². The van der Waals surface area contributed by atoms with Gasteiger partial charge in [0.2, 0.25) is 5.91 Å². The summed E-state index contributed by atoms with van der Waals surface area (Å²) in [5.41, 5.74) is 1.44. The fourth-order valence-corrected chi connectivity index (χ4v) is 3.34. The summed E-state index contributed by atoms with van der Waals surface area (Å²) >= 11 is 0. The number of anilines is 1. The van der Waals surface area contributed by atoms with Gasteiger partial charge in [0.05, 0.1) is 12.8 Å². The van der Waals surface area contributed by atoms with Crippen LogP contribution in [0.3, 0.4) is 0 Å². The summed E-state index contributed by atoms with van der Waals surface area (Å²) < 4.78 is 18.6. The van der Waals surface area contributed by atoms with E-state index in [0.29, 0.717) is 11.3 Å². The Kier molecular flexibility index (Phi) is 7.58. The molecule has 2 N–H and O–H groups in total. The number of halogens is 1. The topological polar surface area (TPSA) is 92.3 Å². The summed E-state index contributed by atoms with van der Waals surface area (Å²) in [6, 6.07) is 4.69. The highest BCUT2D eigenvalue weighted by atomic mass is 19.1. The summed E-state index contributed by atoms with van der Waals surface area (Å²) in [7, 11) is 1.42. The molecule has 31 heavy (non-hydrogen) atoms. The smallest absolute Gasteiger partial charge is 0.247 e. The molecule has 0 saturated carbocycles. The molecule has 0 radical (unpaired) electrons. The second-order valence-electron chi connectivity index (χ2n) is 6.88. The van der Waals surface area contributed by atoms with E-state index in [0.717, 1.165) is 31.7 Å². The number of carbonyl (C=O) groups excluding carboxylic acids is 1. The minimum Gasteiger partial charge on any atom is -0.497 e. The Hall–Kier alpha value is -3.43. The van der Waals surface area contributed by atoms with Gasteiger partial charge in [-0.1, -0.05) is 19.2 Å². The first-order valence-electron chi connectivity index (χ1n) is 9.77. The van der Waals surface area contributed by atoms with Crippen molar-refractivity contribution < 1.29 is 13.9 Å². The van der Waals surface area contributed by atoms with Crippen molar-refractivity contribution in [1.29, 1.82) is 0 Å². The largest absolute Gasteiger partial charge is 0.497 e. The monoisotopic (exact) mass is 424 g/mol. The highest BCUT2D eigenvalue weighted by molar-refractivity contribution is 5.95. The normalized spacial score (nSPS) is 15.7. The lowest BCUT2D eigenvalue weighted by atomic mass is 10.1. The SMILES string of the molecule is C=C(F)/C=C(\C(=C)OC)c1cc(NC(=O)C(c2cccnc2)N2CCNCC2)ncn1. The van der Waals surface area contributed by atoms with Crippen LogP contribution in [-0.2, 0) is 9.53 Å². The summed E-state index contributed by atoms with van der Waals surface area (Å²) in [6.45, 7) is 10.0. The molecule has 1 amide bonds. The van der Waals surface area contributed by atoms with Crippen LogP contribution < -0.4 is 10.6 Å². The Morgan fingerprint density at radius 3 is 2.77 bits per heavy atom. The van der Waals surface area contributed by atoms with Gasteiger partial charge in [-0.05, 0) is 17.7 Å². The van der Waals surface area contributed by atoms with Crippen molar-refractivity contribution in [2.75, 3.05) is 38.6 Å². The first kappa shape index (κ1) is 22.3. The van der Waals surface area contributed by atoms with Crippen molar-refractivity contribution in [2.45, 2.75) is 6.04 Å². The van der Waals surface area contributed by atoms with Crippen molar-refractivity contribution >= 4 is 17.3 Å². The number of hydrogen-bond donors (Lipinski definition) is 2. The zero-order valence-corrected chi connectivity index (χ0v) is 17.3. The lowest BCUT2D eigenvalue weighted by Gasteiger charge is -2.34. The van der Waals surface area contributed by atoms with Crippen molar-refractivity contribution in [1.82, 2.24) is 25.2 Å². The van der Waals surface area contributed by atoms with Crippen LogP contribution in [0.2, 0.25) is 0 Å². The molecule has 1 unspecified atom stereocenters. The number of nitrogens with one attached hydrogen (secondary N) is 2. The fraction of sp³-hybridized carbons (Fsp3) is 0.273. The third-order valence-electron chi connectivity index (χ3n) is 4.81. The van der Waals surface area contributed by atoms with Crippen molar-refractivity contribution in [3.63, 3.8) is 0 Å². The molecule has 3 rings (SSSR count). The van der Waals surface area contributed by atoms with Gasteiger partial charge in [0.1, 0.15) is 29.8 Å². The number of rotatable bonds is 8. The van der Waals surface area contributed by atoms with Crippen LogP contribution >= 0.6 is 0 Å². The molecule has 2 aromatic rings. The van der Waals surface area contributed by atoms with E-state index in [9.17, 15) is 9.18 Å². The molecule has 1 fully saturated rings. The highest BCUT2D eigenvalue weighted by Crippen LogP contribution is 2.25. The molecule has 9 heteroatoms. The highest BCUT2D eigenvalue weighted by Gasteiger charge is 2.29. The Morgan fingerprint density at radius 2 is 2.13 bits per heavy atom. The third-order valence-corrected chi connectivity index (χ3v) is 4.81. The Morgan fingerprint density at radius 1 is 1.35 bits per heavy atom. The minimum absolute atomic E-state index is 0.212. The van der Waals surface area contributed by atoms with Gasteiger partial charge >= 0.3 is 0 Å². The van der Waals surface area contributed by atoms with E-state index in [-0.39, 0.29) is 17.5 Å². The maximum absolute atomic E-state index is 13.4. The van der Waals surface area contributed by atoms with Gasteiger partial charge < -0.3 is 15.4 Å². The molecule has 0 spiro atoms. The number of carbonyl (C=O) groups is 1. The minimum atomic E-state index is -0.673. The summed E-state index contributed by atoms with van der Waals surface area (Å²) in [6.07, 6.45) is 5.81. The zero-order chi connectivity index (χ0) is 22.2. The number of allylic oxidation sites excluding steroid dienone is 3. The standard InChI is InChI=1S/C22H25FN6O2/c1-15(23)11-18(16(2)31-3)19-12-20(27-14-26-19)28-22(30)21(17-5-4-6-25-13-17)29-9-7-24-8-10-29/h4-6,11-14,21,24H,1-2,7-10H2,3H3,(H,26,27,28,30)/b18-11+. The number of ether oxygens (including phenoxy) is 1. The quantitative estimate of drug-likeness (QED) is 0.497. The van der Waals surface area contributed by atoms with Crippen molar-refractivity contribution in [2.24, 2.45) is 0 Å². The number of aromatic nitrogens is 3. The molecule has 1 aliphatic heterocycles. The van der Waals surface area contributed by atoms with Gasteiger partial charge in [-0.3, -0.25) is 14.7 Å². The van der Waals surface area contributed by atoms with Crippen LogP contribution in [0, 0.1) is 0 Å². The second kappa shape index (κ2) is 10.6. The predicted octanol–water partition coefficient (Wildman–Crippen LogP) is 2.48. The summed E-state index contributed by atoms with van der Waals surface area (Å²) in [5, 5.41) is 6.14. The second-order valence-corrected chi connectivity index (χ2v) is 6.88. The van der Waals surface area contributed by atoms with E-state index in [4.69, 9.17) is 4.74 Å². The zero-order valence-electron chi connectivity index (χ0n) is 17.3. The van der Waals surface area contributed by atoms with E-state index in [1.165, 1.54) is 25.6 Å². The molecule has 0 aliphatic carbocycles. The molecule has 162 valence electrons. The van der Waals surface area contributed by atoms with E-state index >= 15 is 0 Å². The molecule has 8 nitrogen and oxygen atoms in total.